The fraction of sp³-hybridized carbons (Fsp3) is 0.971. The molecule has 0 saturated heterocycles. The summed E-state index contributed by atoms with van der Waals surface area (Å²) in [5.41, 5.74) is 0. The Balaban J connectivity index is 3.14. The summed E-state index contributed by atoms with van der Waals surface area (Å²) in [6, 6.07) is 0. The van der Waals surface area contributed by atoms with E-state index in [0.717, 1.165) is 25.8 Å². The van der Waals surface area contributed by atoms with E-state index >= 15 is 0 Å². The minimum absolute atomic E-state index is 0.278. The molecule has 0 aliphatic carbocycles. The molecule has 0 saturated carbocycles. The summed E-state index contributed by atoms with van der Waals surface area (Å²) in [6.45, 7) is 5.47. The van der Waals surface area contributed by atoms with Crippen molar-refractivity contribution in [2.45, 2.75) is 213 Å². The van der Waals surface area contributed by atoms with Crippen molar-refractivity contribution in [1.29, 1.82) is 0 Å². The van der Waals surface area contributed by atoms with Gasteiger partial charge in [0, 0.05) is 13.0 Å². The maximum atomic E-state index is 12.0. The molecule has 0 radical (unpaired) electrons. The van der Waals surface area contributed by atoms with E-state index in [9.17, 15) is 4.79 Å². The van der Waals surface area contributed by atoms with Crippen LogP contribution in [-0.4, -0.2) is 12.5 Å². The van der Waals surface area contributed by atoms with Gasteiger partial charge in [-0.2, -0.15) is 0 Å². The Morgan fingerprint density at radius 2 is 0.595 bits per heavy atom. The Morgan fingerprint density at radius 3 is 0.892 bits per heavy atom. The molecule has 2 heteroatoms. The van der Waals surface area contributed by atoms with Crippen molar-refractivity contribution >= 4 is 5.91 Å². The van der Waals surface area contributed by atoms with Gasteiger partial charge < -0.3 is 5.32 Å². The molecule has 0 aliphatic rings. The SMILES string of the molecule is CCCCCCCCCCCCCCCCCCNC(=O)CCCCCCCCCCCCCCCC. The lowest BCUT2D eigenvalue weighted by Gasteiger charge is -2.06. The van der Waals surface area contributed by atoms with Gasteiger partial charge in [-0.3, -0.25) is 4.79 Å². The molecule has 0 aromatic carbocycles. The summed E-state index contributed by atoms with van der Waals surface area (Å²) in [5, 5.41) is 3.14. The minimum Gasteiger partial charge on any atom is -0.356 e. The van der Waals surface area contributed by atoms with Crippen molar-refractivity contribution in [3.05, 3.63) is 0 Å². The van der Waals surface area contributed by atoms with Gasteiger partial charge in [0.25, 0.3) is 0 Å². The molecule has 2 nitrogen and oxygen atoms in total. The molecule has 1 N–H and O–H groups in total. The first-order valence-electron chi connectivity index (χ1n) is 17.6. The molecule has 0 rings (SSSR count). The monoisotopic (exact) mass is 522 g/mol. The smallest absolute Gasteiger partial charge is 0.219 e. The van der Waals surface area contributed by atoms with E-state index in [1.54, 1.807) is 0 Å². The van der Waals surface area contributed by atoms with Crippen LogP contribution in [0.2, 0.25) is 0 Å². The molecule has 37 heavy (non-hydrogen) atoms. The number of rotatable bonds is 32. The van der Waals surface area contributed by atoms with Crippen molar-refractivity contribution in [3.8, 4) is 0 Å². The molecule has 0 fully saturated rings. The molecule has 0 heterocycles. The lowest BCUT2D eigenvalue weighted by atomic mass is 10.0. The fourth-order valence-corrected chi connectivity index (χ4v) is 5.47. The van der Waals surface area contributed by atoms with Gasteiger partial charge in [-0.05, 0) is 12.8 Å². The van der Waals surface area contributed by atoms with E-state index in [1.165, 1.54) is 180 Å². The van der Waals surface area contributed by atoms with Gasteiger partial charge >= 0.3 is 0 Å². The van der Waals surface area contributed by atoms with Crippen molar-refractivity contribution in [2.75, 3.05) is 6.54 Å². The molecular formula is C35H71NO. The van der Waals surface area contributed by atoms with Gasteiger partial charge in [-0.1, -0.05) is 194 Å². The van der Waals surface area contributed by atoms with E-state index in [2.05, 4.69) is 19.2 Å². The second-order valence-electron chi connectivity index (χ2n) is 12.0. The van der Waals surface area contributed by atoms with Gasteiger partial charge in [-0.25, -0.2) is 0 Å². The maximum absolute atomic E-state index is 12.0. The van der Waals surface area contributed by atoms with Crippen LogP contribution in [0.25, 0.3) is 0 Å². The Hall–Kier alpha value is -0.530. The molecule has 0 spiro atoms. The van der Waals surface area contributed by atoms with Crippen LogP contribution >= 0.6 is 0 Å². The van der Waals surface area contributed by atoms with Gasteiger partial charge in [0.2, 0.25) is 5.91 Å². The van der Waals surface area contributed by atoms with Gasteiger partial charge in [0.05, 0.1) is 0 Å². The van der Waals surface area contributed by atoms with Crippen LogP contribution in [0.5, 0.6) is 0 Å². The molecule has 0 atom stereocenters. The van der Waals surface area contributed by atoms with E-state index in [1.807, 2.05) is 0 Å². The first-order chi connectivity index (χ1) is 18.3. The zero-order valence-electron chi connectivity index (χ0n) is 26.0. The quantitative estimate of drug-likeness (QED) is 0.0876. The third-order valence-electron chi connectivity index (χ3n) is 8.11. The number of unbranched alkanes of at least 4 members (excludes halogenated alkanes) is 28. The predicted molar refractivity (Wildman–Crippen MR) is 167 cm³/mol. The third-order valence-corrected chi connectivity index (χ3v) is 8.11. The van der Waals surface area contributed by atoms with Crippen molar-refractivity contribution in [3.63, 3.8) is 0 Å². The van der Waals surface area contributed by atoms with Gasteiger partial charge in [0.15, 0.2) is 0 Å². The second kappa shape index (κ2) is 33.5. The first kappa shape index (κ1) is 36.5. The van der Waals surface area contributed by atoms with Crippen LogP contribution in [0.15, 0.2) is 0 Å². The average Bonchev–Trinajstić information content (AvgIpc) is 2.90. The number of nitrogens with one attached hydrogen (secondary N) is 1. The van der Waals surface area contributed by atoms with Crippen LogP contribution in [0, 0.1) is 0 Å². The van der Waals surface area contributed by atoms with Crippen LogP contribution in [0.4, 0.5) is 0 Å². The number of hydrogen-bond acceptors (Lipinski definition) is 1. The highest BCUT2D eigenvalue weighted by molar-refractivity contribution is 5.75. The van der Waals surface area contributed by atoms with E-state index < -0.39 is 0 Å². The molecule has 0 aromatic rings. The summed E-state index contributed by atoms with van der Waals surface area (Å²) < 4.78 is 0. The summed E-state index contributed by atoms with van der Waals surface area (Å²) in [7, 11) is 0. The summed E-state index contributed by atoms with van der Waals surface area (Å²) in [6.07, 6.45) is 42.3. The van der Waals surface area contributed by atoms with Crippen molar-refractivity contribution in [1.82, 2.24) is 5.32 Å². The summed E-state index contributed by atoms with van der Waals surface area (Å²) in [4.78, 5) is 12.0. The van der Waals surface area contributed by atoms with Crippen molar-refractivity contribution in [2.24, 2.45) is 0 Å². The second-order valence-corrected chi connectivity index (χ2v) is 12.0. The fourth-order valence-electron chi connectivity index (χ4n) is 5.47. The Kier molecular flexibility index (Phi) is 33.0. The van der Waals surface area contributed by atoms with Gasteiger partial charge in [-0.15, -0.1) is 0 Å². The predicted octanol–water partition coefficient (Wildman–Crippen LogP) is 12.2. The van der Waals surface area contributed by atoms with Crippen LogP contribution in [-0.2, 0) is 4.79 Å². The normalized spacial score (nSPS) is 11.3. The van der Waals surface area contributed by atoms with Crippen molar-refractivity contribution < 1.29 is 4.79 Å². The number of amides is 1. The molecule has 0 aromatic heterocycles. The largest absolute Gasteiger partial charge is 0.356 e. The first-order valence-corrected chi connectivity index (χ1v) is 17.6. The van der Waals surface area contributed by atoms with E-state index in [4.69, 9.17) is 0 Å². The molecule has 1 amide bonds. The van der Waals surface area contributed by atoms with Gasteiger partial charge in [0.1, 0.15) is 0 Å². The minimum atomic E-state index is 0.278. The molecule has 0 unspecified atom stereocenters. The van der Waals surface area contributed by atoms with Crippen LogP contribution < -0.4 is 5.32 Å². The highest BCUT2D eigenvalue weighted by atomic mass is 16.1. The summed E-state index contributed by atoms with van der Waals surface area (Å²) >= 11 is 0. The number of carbonyl (C=O) groups excluding carboxylic acids is 1. The van der Waals surface area contributed by atoms with Crippen LogP contribution in [0.1, 0.15) is 213 Å². The Bertz CT molecular complexity index is 421. The Morgan fingerprint density at radius 1 is 0.351 bits per heavy atom. The Labute approximate surface area is 235 Å². The topological polar surface area (TPSA) is 29.1 Å². The molecule has 222 valence electrons. The summed E-state index contributed by atoms with van der Waals surface area (Å²) in [5.74, 6) is 0.278. The maximum Gasteiger partial charge on any atom is 0.219 e. The lowest BCUT2D eigenvalue weighted by Crippen LogP contribution is -2.23. The van der Waals surface area contributed by atoms with Crippen LogP contribution in [0.3, 0.4) is 0 Å². The molecule has 0 aliphatic heterocycles. The number of hydrogen-bond donors (Lipinski definition) is 1. The average molecular weight is 522 g/mol. The zero-order valence-corrected chi connectivity index (χ0v) is 26.0. The highest BCUT2D eigenvalue weighted by Gasteiger charge is 2.01. The highest BCUT2D eigenvalue weighted by Crippen LogP contribution is 2.15. The number of carbonyl (C=O) groups is 1. The molecular weight excluding hydrogens is 450 g/mol. The molecule has 0 bridgehead atoms. The van der Waals surface area contributed by atoms with E-state index in [-0.39, 0.29) is 5.91 Å². The standard InChI is InChI=1S/C35H71NO/c1-3-5-7-9-11-13-15-17-19-20-22-24-26-28-30-32-34-36-35(37)33-31-29-27-25-23-21-18-16-14-12-10-8-6-4-2/h3-34H2,1-2H3,(H,36,37). The van der Waals surface area contributed by atoms with E-state index in [0.29, 0.717) is 0 Å². The third kappa shape index (κ3) is 33.4. The lowest BCUT2D eigenvalue weighted by molar-refractivity contribution is -0.121. The zero-order chi connectivity index (χ0) is 26.9.